The van der Waals surface area contributed by atoms with E-state index in [0.29, 0.717) is 11.5 Å². The molecule has 0 spiro atoms. The summed E-state index contributed by atoms with van der Waals surface area (Å²) >= 11 is 0. The number of ether oxygens (including phenoxy) is 2. The van der Waals surface area contributed by atoms with Gasteiger partial charge in [-0.25, -0.2) is 9.59 Å². The van der Waals surface area contributed by atoms with Crippen LogP contribution in [-0.4, -0.2) is 42.3 Å². The number of aromatic carboxylic acids is 2. The average Bonchev–Trinajstić information content (AvgIpc) is 2.60. The topological polar surface area (TPSA) is 122 Å². The summed E-state index contributed by atoms with van der Waals surface area (Å²) in [7, 11) is 2.87. The first kappa shape index (κ1) is 17.8. The number of hydrogen-bond acceptors (Lipinski definition) is 5. The second kappa shape index (κ2) is 7.35. The number of carbonyl (C=O) groups is 3. The summed E-state index contributed by atoms with van der Waals surface area (Å²) in [5.74, 6) is -2.38. The second-order valence-electron chi connectivity index (χ2n) is 4.96. The second-order valence-corrected chi connectivity index (χ2v) is 4.96. The predicted molar refractivity (Wildman–Crippen MR) is 87.9 cm³/mol. The highest BCUT2D eigenvalue weighted by Gasteiger charge is 2.15. The first-order valence-corrected chi connectivity index (χ1v) is 7.00. The average molecular weight is 345 g/mol. The van der Waals surface area contributed by atoms with Gasteiger partial charge >= 0.3 is 11.9 Å². The lowest BCUT2D eigenvalue weighted by molar-refractivity contribution is 0.0696. The van der Waals surface area contributed by atoms with E-state index in [0.717, 1.165) is 6.07 Å². The molecular weight excluding hydrogens is 330 g/mol. The third-order valence-corrected chi connectivity index (χ3v) is 3.30. The van der Waals surface area contributed by atoms with Crippen LogP contribution in [0.5, 0.6) is 11.5 Å². The van der Waals surface area contributed by atoms with Gasteiger partial charge in [-0.1, -0.05) is 0 Å². The molecule has 2 aromatic carbocycles. The Morgan fingerprint density at radius 2 is 1.24 bits per heavy atom. The Bertz CT molecular complexity index is 790. The van der Waals surface area contributed by atoms with Crippen molar-refractivity contribution in [3.8, 4) is 11.5 Å². The Labute approximate surface area is 142 Å². The molecule has 0 atom stereocenters. The maximum absolute atomic E-state index is 12.4. The van der Waals surface area contributed by atoms with Gasteiger partial charge in [-0.05, 0) is 30.3 Å². The van der Waals surface area contributed by atoms with E-state index in [4.69, 9.17) is 19.7 Å². The zero-order valence-corrected chi connectivity index (χ0v) is 13.4. The van der Waals surface area contributed by atoms with Crippen molar-refractivity contribution < 1.29 is 34.1 Å². The van der Waals surface area contributed by atoms with Gasteiger partial charge in [0.25, 0.3) is 5.91 Å². The highest BCUT2D eigenvalue weighted by atomic mass is 16.5. The molecule has 1 amide bonds. The minimum absolute atomic E-state index is 0.0455. The van der Waals surface area contributed by atoms with Crippen LogP contribution in [0.15, 0.2) is 36.4 Å². The number of amides is 1. The molecule has 2 rings (SSSR count). The number of benzene rings is 2. The first-order valence-electron chi connectivity index (χ1n) is 7.00. The Balaban J connectivity index is 2.37. The van der Waals surface area contributed by atoms with E-state index >= 15 is 0 Å². The molecule has 0 aliphatic rings. The van der Waals surface area contributed by atoms with Crippen LogP contribution in [0, 0.1) is 0 Å². The number of methoxy groups -OCH3 is 2. The molecular formula is C17H15NO7. The van der Waals surface area contributed by atoms with Gasteiger partial charge in [-0.2, -0.15) is 0 Å². The molecule has 0 heterocycles. The van der Waals surface area contributed by atoms with E-state index in [-0.39, 0.29) is 22.4 Å². The van der Waals surface area contributed by atoms with E-state index < -0.39 is 17.8 Å². The number of carbonyl (C=O) groups excluding carboxylic acids is 1. The molecule has 0 aliphatic carbocycles. The Kier molecular flexibility index (Phi) is 5.23. The minimum Gasteiger partial charge on any atom is -0.497 e. The van der Waals surface area contributed by atoms with E-state index in [1.165, 1.54) is 38.5 Å². The van der Waals surface area contributed by atoms with Crippen LogP contribution in [0.4, 0.5) is 5.69 Å². The SMILES string of the molecule is COc1cc(OC)cc(C(=O)Nc2cc(C(=O)O)cc(C(=O)O)c2)c1. The van der Waals surface area contributed by atoms with Gasteiger partial charge in [-0.3, -0.25) is 4.79 Å². The van der Waals surface area contributed by atoms with Crippen molar-refractivity contribution in [1.82, 2.24) is 0 Å². The van der Waals surface area contributed by atoms with Crippen LogP contribution in [-0.2, 0) is 0 Å². The summed E-state index contributed by atoms with van der Waals surface area (Å²) in [6.45, 7) is 0. The number of carboxylic acid groups (broad SMARTS) is 2. The summed E-state index contributed by atoms with van der Waals surface area (Å²) in [6, 6.07) is 7.88. The molecule has 2 aromatic rings. The molecule has 0 unspecified atom stereocenters. The molecule has 0 saturated heterocycles. The predicted octanol–water partition coefficient (Wildman–Crippen LogP) is 2.35. The van der Waals surface area contributed by atoms with Crippen LogP contribution in [0.3, 0.4) is 0 Å². The van der Waals surface area contributed by atoms with E-state index in [1.807, 2.05) is 0 Å². The fraction of sp³-hybridized carbons (Fsp3) is 0.118. The van der Waals surface area contributed by atoms with Crippen LogP contribution in [0.2, 0.25) is 0 Å². The Hall–Kier alpha value is -3.55. The van der Waals surface area contributed by atoms with Crippen molar-refractivity contribution in [3.63, 3.8) is 0 Å². The molecule has 130 valence electrons. The lowest BCUT2D eigenvalue weighted by Crippen LogP contribution is -2.14. The van der Waals surface area contributed by atoms with Crippen molar-refractivity contribution in [1.29, 1.82) is 0 Å². The summed E-state index contributed by atoms with van der Waals surface area (Å²) in [5, 5.41) is 20.6. The molecule has 0 fully saturated rings. The number of hydrogen-bond donors (Lipinski definition) is 3. The highest BCUT2D eigenvalue weighted by molar-refractivity contribution is 6.06. The molecule has 8 heteroatoms. The van der Waals surface area contributed by atoms with Crippen molar-refractivity contribution in [3.05, 3.63) is 53.1 Å². The molecule has 8 nitrogen and oxygen atoms in total. The molecule has 0 aromatic heterocycles. The molecule has 0 aliphatic heterocycles. The molecule has 3 N–H and O–H groups in total. The summed E-state index contributed by atoms with van der Waals surface area (Å²) in [5.41, 5.74) is -0.255. The fourth-order valence-corrected chi connectivity index (χ4v) is 2.09. The zero-order chi connectivity index (χ0) is 18.6. The lowest BCUT2D eigenvalue weighted by atomic mass is 10.1. The van der Waals surface area contributed by atoms with Gasteiger partial charge in [0.2, 0.25) is 0 Å². The molecule has 25 heavy (non-hydrogen) atoms. The molecule has 0 bridgehead atoms. The fourth-order valence-electron chi connectivity index (χ4n) is 2.09. The van der Waals surface area contributed by atoms with Gasteiger partial charge in [-0.15, -0.1) is 0 Å². The number of rotatable bonds is 6. The van der Waals surface area contributed by atoms with Gasteiger partial charge < -0.3 is 25.0 Å². The van der Waals surface area contributed by atoms with Gasteiger partial charge in [0.05, 0.1) is 25.3 Å². The smallest absolute Gasteiger partial charge is 0.335 e. The highest BCUT2D eigenvalue weighted by Crippen LogP contribution is 2.24. The van der Waals surface area contributed by atoms with Crippen LogP contribution < -0.4 is 14.8 Å². The van der Waals surface area contributed by atoms with Gasteiger partial charge in [0.1, 0.15) is 11.5 Å². The normalized spacial score (nSPS) is 10.0. The van der Waals surface area contributed by atoms with E-state index in [9.17, 15) is 14.4 Å². The quantitative estimate of drug-likeness (QED) is 0.734. The maximum Gasteiger partial charge on any atom is 0.335 e. The van der Waals surface area contributed by atoms with Crippen molar-refractivity contribution >= 4 is 23.5 Å². The minimum atomic E-state index is -1.30. The standard InChI is InChI=1S/C17H15NO7/c1-24-13-6-9(7-14(8-13)25-2)15(19)18-12-4-10(16(20)21)3-11(5-12)17(22)23/h3-8H,1-2H3,(H,18,19)(H,20,21)(H,22,23). The van der Waals surface area contributed by atoms with Crippen molar-refractivity contribution in [2.45, 2.75) is 0 Å². The van der Waals surface area contributed by atoms with Crippen LogP contribution in [0.25, 0.3) is 0 Å². The Morgan fingerprint density at radius 1 is 0.760 bits per heavy atom. The zero-order valence-electron chi connectivity index (χ0n) is 13.4. The number of carboxylic acids is 2. The third kappa shape index (κ3) is 4.25. The Morgan fingerprint density at radius 3 is 1.64 bits per heavy atom. The van der Waals surface area contributed by atoms with Crippen LogP contribution in [0.1, 0.15) is 31.1 Å². The van der Waals surface area contributed by atoms with Crippen molar-refractivity contribution in [2.24, 2.45) is 0 Å². The van der Waals surface area contributed by atoms with Gasteiger partial charge in [0.15, 0.2) is 0 Å². The van der Waals surface area contributed by atoms with Crippen molar-refractivity contribution in [2.75, 3.05) is 19.5 Å². The first-order chi connectivity index (χ1) is 11.8. The summed E-state index contributed by atoms with van der Waals surface area (Å²) < 4.78 is 10.2. The summed E-state index contributed by atoms with van der Waals surface area (Å²) in [6.07, 6.45) is 0. The molecule has 0 radical (unpaired) electrons. The maximum atomic E-state index is 12.4. The third-order valence-electron chi connectivity index (χ3n) is 3.30. The number of anilines is 1. The van der Waals surface area contributed by atoms with Crippen LogP contribution >= 0.6 is 0 Å². The lowest BCUT2D eigenvalue weighted by Gasteiger charge is -2.10. The largest absolute Gasteiger partial charge is 0.497 e. The van der Waals surface area contributed by atoms with E-state index in [1.54, 1.807) is 6.07 Å². The van der Waals surface area contributed by atoms with E-state index in [2.05, 4.69) is 5.32 Å². The monoisotopic (exact) mass is 345 g/mol. The molecule has 0 saturated carbocycles. The number of nitrogens with one attached hydrogen (secondary N) is 1. The summed E-state index contributed by atoms with van der Waals surface area (Å²) in [4.78, 5) is 34.6. The van der Waals surface area contributed by atoms with Gasteiger partial charge in [0, 0.05) is 17.3 Å².